The quantitative estimate of drug-likeness (QED) is 0.370. The van der Waals surface area contributed by atoms with Gasteiger partial charge in [-0.25, -0.2) is 4.85 Å². The third-order valence-corrected chi connectivity index (χ3v) is 3.96. The summed E-state index contributed by atoms with van der Waals surface area (Å²) in [5, 5.41) is 17.0. The molecule has 0 saturated carbocycles. The Kier molecular flexibility index (Phi) is 4.94. The van der Waals surface area contributed by atoms with E-state index in [1.807, 2.05) is 39.0 Å². The fourth-order valence-corrected chi connectivity index (χ4v) is 2.23. The van der Waals surface area contributed by atoms with Crippen molar-refractivity contribution in [1.82, 2.24) is 5.01 Å². The highest BCUT2D eigenvalue weighted by Crippen LogP contribution is 2.26. The molecule has 23 heavy (non-hydrogen) atoms. The van der Waals surface area contributed by atoms with Crippen LogP contribution in [0.15, 0.2) is 29.5 Å². The Bertz CT molecular complexity index is 618. The third-order valence-electron chi connectivity index (χ3n) is 3.96. The smallest absolute Gasteiger partial charge is 0.233 e. The third kappa shape index (κ3) is 4.25. The maximum Gasteiger partial charge on any atom is 0.233 e. The van der Waals surface area contributed by atoms with Crippen molar-refractivity contribution in [3.05, 3.63) is 40.9 Å². The minimum Gasteiger partial charge on any atom is -0.569 e. The fourth-order valence-electron chi connectivity index (χ4n) is 2.23. The van der Waals surface area contributed by atoms with E-state index < -0.39 is 0 Å². The van der Waals surface area contributed by atoms with Crippen molar-refractivity contribution in [1.29, 1.82) is 0 Å². The normalized spacial score (nSPS) is 18.7. The van der Waals surface area contributed by atoms with Gasteiger partial charge >= 0.3 is 0 Å². The van der Waals surface area contributed by atoms with Gasteiger partial charge in [0.2, 0.25) is 5.28 Å². The zero-order chi connectivity index (χ0) is 17.0. The Labute approximate surface area is 137 Å². The van der Waals surface area contributed by atoms with Crippen LogP contribution in [0.3, 0.4) is 0 Å². The highest BCUT2D eigenvalue weighted by atomic mass is 16.7. The summed E-state index contributed by atoms with van der Waals surface area (Å²) in [6, 6.07) is 7.49. The largest absolute Gasteiger partial charge is 0.569 e. The van der Waals surface area contributed by atoms with Crippen LogP contribution in [-0.4, -0.2) is 41.8 Å². The minimum atomic E-state index is -0.323. The molecule has 1 aromatic rings. The van der Waals surface area contributed by atoms with Gasteiger partial charge < -0.3 is 14.9 Å². The van der Waals surface area contributed by atoms with E-state index in [0.29, 0.717) is 17.2 Å². The van der Waals surface area contributed by atoms with Gasteiger partial charge in [0.15, 0.2) is 11.8 Å². The summed E-state index contributed by atoms with van der Waals surface area (Å²) in [7, 11) is 1.68. The van der Waals surface area contributed by atoms with Gasteiger partial charge in [-0.1, -0.05) is 12.1 Å². The molecule has 1 aromatic carbocycles. The molecule has 0 bridgehead atoms. The molecular formula is C16H23N5O2. The van der Waals surface area contributed by atoms with Crippen molar-refractivity contribution in [2.75, 3.05) is 25.0 Å². The van der Waals surface area contributed by atoms with Crippen molar-refractivity contribution in [3.63, 3.8) is 0 Å². The number of hydrogen-bond acceptors (Lipinski definition) is 4. The minimum absolute atomic E-state index is 0.128. The average Bonchev–Trinajstić information content (AvgIpc) is 3.00. The summed E-state index contributed by atoms with van der Waals surface area (Å²) in [5.74, 6) is 0. The first-order chi connectivity index (χ1) is 10.8. The monoisotopic (exact) mass is 317 g/mol. The summed E-state index contributed by atoms with van der Waals surface area (Å²) in [6.07, 6.45) is 0.662. The number of hydrogen-bond donors (Lipinski definition) is 0. The molecule has 0 N–H and O–H groups in total. The molecule has 2 rings (SSSR count). The molecule has 1 atom stereocenters. The molecule has 7 heteroatoms. The van der Waals surface area contributed by atoms with Gasteiger partial charge in [0.05, 0.1) is 30.7 Å². The predicted molar refractivity (Wildman–Crippen MR) is 88.0 cm³/mol. The van der Waals surface area contributed by atoms with Crippen LogP contribution in [-0.2, 0) is 4.84 Å². The number of hydrazine groups is 1. The van der Waals surface area contributed by atoms with Crippen molar-refractivity contribution in [2.45, 2.75) is 38.8 Å². The van der Waals surface area contributed by atoms with Gasteiger partial charge in [-0.2, -0.15) is 0 Å². The van der Waals surface area contributed by atoms with Gasteiger partial charge in [-0.15, -0.1) is 5.01 Å². The van der Waals surface area contributed by atoms with Gasteiger partial charge in [0.1, 0.15) is 0 Å². The SMILES string of the molecule is [C-]#[N+]c1cccc(N2CC[C@@H](O/N=[N+](\[O-])N(C)C(C)(C)C)C2)c1. The second-order valence-corrected chi connectivity index (χ2v) is 6.62. The highest BCUT2D eigenvalue weighted by Gasteiger charge is 2.27. The average molecular weight is 317 g/mol. The van der Waals surface area contributed by atoms with Crippen LogP contribution in [0.5, 0.6) is 0 Å². The molecule has 1 saturated heterocycles. The molecule has 1 aliphatic rings. The molecule has 0 amide bonds. The van der Waals surface area contributed by atoms with E-state index in [0.717, 1.165) is 18.7 Å². The van der Waals surface area contributed by atoms with E-state index >= 15 is 0 Å². The van der Waals surface area contributed by atoms with Crippen molar-refractivity contribution < 1.29 is 9.81 Å². The Morgan fingerprint density at radius 2 is 2.22 bits per heavy atom. The van der Waals surface area contributed by atoms with Gasteiger partial charge in [0, 0.05) is 18.7 Å². The van der Waals surface area contributed by atoms with Crippen LogP contribution >= 0.6 is 0 Å². The predicted octanol–water partition coefficient (Wildman–Crippen LogP) is 3.36. The zero-order valence-electron chi connectivity index (χ0n) is 14.1. The Morgan fingerprint density at radius 3 is 2.87 bits per heavy atom. The molecule has 124 valence electrons. The van der Waals surface area contributed by atoms with E-state index in [-0.39, 0.29) is 11.6 Å². The lowest BCUT2D eigenvalue weighted by atomic mass is 10.1. The lowest BCUT2D eigenvalue weighted by Crippen LogP contribution is -2.42. The standard InChI is InChI=1S/C16H23N5O2/c1-16(2,3)19(5)21(22)18-23-15-9-10-20(12-15)14-8-6-7-13(11-14)17-4/h6-8,11,15H,9-10,12H2,1-3,5H3/b21-18-/t15-/m1/s1. The molecule has 1 aliphatic heterocycles. The van der Waals surface area contributed by atoms with Gasteiger partial charge in [-0.3, -0.25) is 0 Å². The number of anilines is 1. The molecule has 0 radical (unpaired) electrons. The summed E-state index contributed by atoms with van der Waals surface area (Å²) in [5.41, 5.74) is 1.29. The van der Waals surface area contributed by atoms with E-state index in [1.165, 1.54) is 5.01 Å². The van der Waals surface area contributed by atoms with Crippen molar-refractivity contribution in [2.24, 2.45) is 5.28 Å². The first-order valence-corrected chi connectivity index (χ1v) is 7.61. The van der Waals surface area contributed by atoms with E-state index in [4.69, 9.17) is 11.4 Å². The van der Waals surface area contributed by atoms with Gasteiger partial charge in [-0.05, 0) is 32.9 Å². The number of nitrogens with zero attached hydrogens (tertiary/aromatic N) is 5. The van der Waals surface area contributed by atoms with Crippen molar-refractivity contribution >= 4 is 11.4 Å². The summed E-state index contributed by atoms with van der Waals surface area (Å²) >= 11 is 0. The Balaban J connectivity index is 1.94. The Morgan fingerprint density at radius 1 is 1.48 bits per heavy atom. The lowest BCUT2D eigenvalue weighted by Gasteiger charge is -2.26. The summed E-state index contributed by atoms with van der Waals surface area (Å²) in [6.45, 7) is 14.3. The first kappa shape index (κ1) is 16.9. The van der Waals surface area contributed by atoms with E-state index in [2.05, 4.69) is 15.0 Å². The molecule has 0 unspecified atom stereocenters. The fraction of sp³-hybridized carbons (Fsp3) is 0.562. The first-order valence-electron chi connectivity index (χ1n) is 7.61. The molecule has 0 spiro atoms. The lowest BCUT2D eigenvalue weighted by molar-refractivity contribution is -0.720. The van der Waals surface area contributed by atoms with E-state index in [1.54, 1.807) is 13.1 Å². The topological polar surface area (TPSA) is 58.5 Å². The van der Waals surface area contributed by atoms with Crippen LogP contribution in [0.1, 0.15) is 27.2 Å². The van der Waals surface area contributed by atoms with Crippen LogP contribution in [0.25, 0.3) is 4.85 Å². The molecule has 7 nitrogen and oxygen atoms in total. The molecule has 0 aliphatic carbocycles. The van der Waals surface area contributed by atoms with Gasteiger partial charge in [0.25, 0.3) is 0 Å². The van der Waals surface area contributed by atoms with Crippen LogP contribution in [0, 0.1) is 11.8 Å². The zero-order valence-corrected chi connectivity index (χ0v) is 14.1. The second kappa shape index (κ2) is 6.73. The molecule has 0 aromatic heterocycles. The second-order valence-electron chi connectivity index (χ2n) is 6.62. The van der Waals surface area contributed by atoms with Crippen LogP contribution < -0.4 is 4.90 Å². The number of rotatable bonds is 4. The molecule has 1 heterocycles. The summed E-state index contributed by atoms with van der Waals surface area (Å²) < 4.78 is 0. The maximum absolute atomic E-state index is 11.9. The number of benzene rings is 1. The van der Waals surface area contributed by atoms with Crippen LogP contribution in [0.4, 0.5) is 11.4 Å². The molecular weight excluding hydrogens is 294 g/mol. The molecule has 1 fully saturated rings. The Hall–Kier alpha value is -2.49. The van der Waals surface area contributed by atoms with E-state index in [9.17, 15) is 5.21 Å². The summed E-state index contributed by atoms with van der Waals surface area (Å²) in [4.78, 5) is 11.5. The maximum atomic E-state index is 11.9. The van der Waals surface area contributed by atoms with Crippen LogP contribution in [0.2, 0.25) is 0 Å². The van der Waals surface area contributed by atoms with Crippen molar-refractivity contribution in [3.8, 4) is 0 Å². The highest BCUT2D eigenvalue weighted by molar-refractivity contribution is 5.59.